The first-order valence-electron chi connectivity index (χ1n) is 8.48. The van der Waals surface area contributed by atoms with Gasteiger partial charge in [-0.3, -0.25) is 25.1 Å². The summed E-state index contributed by atoms with van der Waals surface area (Å²) in [7, 11) is 0. The van der Waals surface area contributed by atoms with Crippen molar-refractivity contribution < 1.29 is 27.5 Å². The molecule has 0 saturated carbocycles. The van der Waals surface area contributed by atoms with E-state index in [1.807, 2.05) is 39.0 Å². The Morgan fingerprint density at radius 2 is 1.86 bits per heavy atom. The summed E-state index contributed by atoms with van der Waals surface area (Å²) in [6.07, 6.45) is -3.56. The Hall–Kier alpha value is -3.04. The number of halogens is 3. The first-order chi connectivity index (χ1) is 13.1. The monoisotopic (exact) mass is 398 g/mol. The lowest BCUT2D eigenvalue weighted by Gasteiger charge is -2.15. The molecule has 2 amide bonds. The highest BCUT2D eigenvalue weighted by molar-refractivity contribution is 5.82. The minimum atomic E-state index is -4.59. The van der Waals surface area contributed by atoms with Gasteiger partial charge in [-0.05, 0) is 36.1 Å². The average molecular weight is 398 g/mol. The lowest BCUT2D eigenvalue weighted by molar-refractivity contribution is -0.141. The van der Waals surface area contributed by atoms with E-state index in [0.717, 1.165) is 28.1 Å². The van der Waals surface area contributed by atoms with E-state index in [1.165, 1.54) is 0 Å². The predicted molar refractivity (Wildman–Crippen MR) is 94.3 cm³/mol. The van der Waals surface area contributed by atoms with Crippen molar-refractivity contribution in [2.45, 2.75) is 39.4 Å². The van der Waals surface area contributed by atoms with Gasteiger partial charge in [0, 0.05) is 6.20 Å². The molecule has 0 bridgehead atoms. The van der Waals surface area contributed by atoms with Gasteiger partial charge in [-0.1, -0.05) is 26.0 Å². The molecule has 10 heteroatoms. The summed E-state index contributed by atoms with van der Waals surface area (Å²) in [6, 6.07) is 6.45. The number of amides is 2. The van der Waals surface area contributed by atoms with Gasteiger partial charge in [0.25, 0.3) is 11.8 Å². The zero-order valence-corrected chi connectivity index (χ0v) is 15.6. The third kappa shape index (κ3) is 6.00. The van der Waals surface area contributed by atoms with Gasteiger partial charge in [-0.25, -0.2) is 0 Å². The number of nitrogens with zero attached hydrogens (tertiary/aromatic N) is 2. The Bertz CT molecular complexity index is 847. The molecule has 0 aliphatic rings. The van der Waals surface area contributed by atoms with Crippen molar-refractivity contribution in [2.75, 3.05) is 6.61 Å². The van der Waals surface area contributed by atoms with Gasteiger partial charge < -0.3 is 4.74 Å². The zero-order valence-electron chi connectivity index (χ0n) is 15.6. The van der Waals surface area contributed by atoms with Crippen molar-refractivity contribution in [3.05, 3.63) is 47.3 Å². The molecule has 0 radical (unpaired) electrons. The van der Waals surface area contributed by atoms with E-state index in [0.29, 0.717) is 5.75 Å². The summed E-state index contributed by atoms with van der Waals surface area (Å²) >= 11 is 0. The predicted octanol–water partition coefficient (Wildman–Crippen LogP) is 2.56. The highest BCUT2D eigenvalue weighted by Gasteiger charge is 2.33. The Balaban J connectivity index is 1.82. The van der Waals surface area contributed by atoms with E-state index in [4.69, 9.17) is 4.74 Å². The molecule has 1 aromatic carbocycles. The topological polar surface area (TPSA) is 85.3 Å². The Morgan fingerprint density at radius 1 is 1.18 bits per heavy atom. The second kappa shape index (κ2) is 8.77. The van der Waals surface area contributed by atoms with Gasteiger partial charge in [0.15, 0.2) is 12.3 Å². The van der Waals surface area contributed by atoms with Crippen molar-refractivity contribution in [3.63, 3.8) is 0 Å². The Morgan fingerprint density at radius 3 is 2.46 bits per heavy atom. The molecule has 0 unspecified atom stereocenters. The largest absolute Gasteiger partial charge is 0.483 e. The molecule has 7 nitrogen and oxygen atoms in total. The van der Waals surface area contributed by atoms with E-state index in [-0.39, 0.29) is 12.5 Å². The van der Waals surface area contributed by atoms with Crippen molar-refractivity contribution >= 4 is 11.8 Å². The maximum atomic E-state index is 12.5. The van der Waals surface area contributed by atoms with Crippen LogP contribution < -0.4 is 15.6 Å². The van der Waals surface area contributed by atoms with Crippen LogP contribution in [0.1, 0.15) is 36.6 Å². The van der Waals surface area contributed by atoms with E-state index >= 15 is 0 Å². The fraction of sp³-hybridized carbons (Fsp3) is 0.389. The van der Waals surface area contributed by atoms with Crippen molar-refractivity contribution in [2.24, 2.45) is 0 Å². The minimum absolute atomic E-state index is 0.203. The van der Waals surface area contributed by atoms with Crippen molar-refractivity contribution in [1.29, 1.82) is 0 Å². The third-order valence-corrected chi connectivity index (χ3v) is 3.73. The van der Waals surface area contributed by atoms with Crippen molar-refractivity contribution in [1.82, 2.24) is 20.6 Å². The van der Waals surface area contributed by atoms with Gasteiger partial charge in [0.1, 0.15) is 12.3 Å². The number of rotatable bonds is 6. The molecule has 0 spiro atoms. The first-order valence-corrected chi connectivity index (χ1v) is 8.48. The van der Waals surface area contributed by atoms with Gasteiger partial charge in [-0.2, -0.15) is 18.3 Å². The van der Waals surface area contributed by atoms with E-state index in [9.17, 15) is 22.8 Å². The van der Waals surface area contributed by atoms with Crippen LogP contribution in [0, 0.1) is 6.92 Å². The number of nitrogens with one attached hydrogen (secondary N) is 2. The standard InChI is InChI=1S/C18H21F3N4O3/c1-11(2)13-5-4-12(3)8-14(13)28-10-17(27)23-22-16(26)9-25-7-6-15(24-25)18(19,20)21/h4-8,11H,9-10H2,1-3H3,(H,22,26)(H,23,27). The summed E-state index contributed by atoms with van der Waals surface area (Å²) in [4.78, 5) is 23.6. The summed E-state index contributed by atoms with van der Waals surface area (Å²) in [6.45, 7) is 5.08. The molecular weight excluding hydrogens is 377 g/mol. The van der Waals surface area contributed by atoms with Crippen LogP contribution in [0.4, 0.5) is 13.2 Å². The average Bonchev–Trinajstić information content (AvgIpc) is 3.06. The number of benzene rings is 1. The van der Waals surface area contributed by atoms with E-state index < -0.39 is 30.2 Å². The number of aromatic nitrogens is 2. The normalized spacial score (nSPS) is 11.4. The quantitative estimate of drug-likeness (QED) is 0.733. The molecular formula is C18H21F3N4O3. The lowest BCUT2D eigenvalue weighted by atomic mass is 10.0. The molecule has 0 fully saturated rings. The summed E-state index contributed by atoms with van der Waals surface area (Å²) in [5.41, 5.74) is 5.07. The SMILES string of the molecule is Cc1ccc(C(C)C)c(OCC(=O)NNC(=O)Cn2ccc(C(F)(F)F)n2)c1. The minimum Gasteiger partial charge on any atom is -0.483 e. The molecule has 1 aromatic heterocycles. The molecule has 152 valence electrons. The summed E-state index contributed by atoms with van der Waals surface area (Å²) in [5, 5.41) is 3.25. The third-order valence-electron chi connectivity index (χ3n) is 3.73. The van der Waals surface area contributed by atoms with Crippen LogP contribution in [0.5, 0.6) is 5.75 Å². The van der Waals surface area contributed by atoms with Crippen LogP contribution in [0.2, 0.25) is 0 Å². The second-order valence-corrected chi connectivity index (χ2v) is 6.48. The molecule has 0 aliphatic carbocycles. The smallest absolute Gasteiger partial charge is 0.435 e. The first kappa shape index (κ1) is 21.3. The second-order valence-electron chi connectivity index (χ2n) is 6.48. The van der Waals surface area contributed by atoms with Crippen molar-refractivity contribution in [3.8, 4) is 5.75 Å². The maximum absolute atomic E-state index is 12.5. The van der Waals surface area contributed by atoms with Crippen LogP contribution in [-0.4, -0.2) is 28.2 Å². The number of aryl methyl sites for hydroxylation is 1. The molecule has 2 N–H and O–H groups in total. The van der Waals surface area contributed by atoms with Crippen LogP contribution in [0.3, 0.4) is 0 Å². The van der Waals surface area contributed by atoms with E-state index in [2.05, 4.69) is 16.0 Å². The highest BCUT2D eigenvalue weighted by Crippen LogP contribution is 2.28. The number of hydrazine groups is 1. The van der Waals surface area contributed by atoms with Crippen LogP contribution in [-0.2, 0) is 22.3 Å². The molecule has 2 rings (SSSR count). The Labute approximate surface area is 159 Å². The zero-order chi connectivity index (χ0) is 20.9. The van der Waals surface area contributed by atoms with Gasteiger partial charge in [0.2, 0.25) is 0 Å². The molecule has 0 aliphatic heterocycles. The van der Waals surface area contributed by atoms with Crippen LogP contribution >= 0.6 is 0 Å². The Kier molecular flexibility index (Phi) is 6.66. The fourth-order valence-corrected chi connectivity index (χ4v) is 2.35. The number of carbonyl (C=O) groups excluding carboxylic acids is 2. The molecule has 28 heavy (non-hydrogen) atoms. The molecule has 2 aromatic rings. The fourth-order valence-electron chi connectivity index (χ4n) is 2.35. The maximum Gasteiger partial charge on any atom is 0.435 e. The summed E-state index contributed by atoms with van der Waals surface area (Å²) < 4.78 is 43.8. The van der Waals surface area contributed by atoms with Crippen LogP contribution in [0.25, 0.3) is 0 Å². The summed E-state index contributed by atoms with van der Waals surface area (Å²) in [5.74, 6) is -0.564. The van der Waals surface area contributed by atoms with Gasteiger partial charge in [-0.15, -0.1) is 0 Å². The molecule has 0 saturated heterocycles. The molecule has 1 heterocycles. The van der Waals surface area contributed by atoms with E-state index in [1.54, 1.807) is 0 Å². The molecule has 0 atom stereocenters. The van der Waals surface area contributed by atoms with Gasteiger partial charge in [0.05, 0.1) is 0 Å². The highest BCUT2D eigenvalue weighted by atomic mass is 19.4. The number of alkyl halides is 3. The number of carbonyl (C=O) groups is 2. The lowest BCUT2D eigenvalue weighted by Crippen LogP contribution is -2.45. The van der Waals surface area contributed by atoms with Crippen LogP contribution in [0.15, 0.2) is 30.5 Å². The number of hydrogen-bond acceptors (Lipinski definition) is 4. The number of hydrogen-bond donors (Lipinski definition) is 2. The van der Waals surface area contributed by atoms with Gasteiger partial charge >= 0.3 is 6.18 Å². The number of ether oxygens (including phenoxy) is 1.